The summed E-state index contributed by atoms with van der Waals surface area (Å²) in [6.45, 7) is -0.00533. The van der Waals surface area contributed by atoms with Crippen LogP contribution in [0.5, 0.6) is 0 Å². The van der Waals surface area contributed by atoms with Crippen LogP contribution < -0.4 is 4.65 Å². The van der Waals surface area contributed by atoms with Gasteiger partial charge in [0, 0.05) is 17.0 Å². The molecule has 17 heavy (non-hydrogen) atoms. The fourth-order valence-corrected chi connectivity index (χ4v) is 3.86. The number of hydrogen-bond donors (Lipinski definition) is 0. The first kappa shape index (κ1) is 11.9. The van der Waals surface area contributed by atoms with Crippen molar-refractivity contribution in [2.75, 3.05) is 12.4 Å². The lowest BCUT2D eigenvalue weighted by molar-refractivity contribution is 0.0936. The summed E-state index contributed by atoms with van der Waals surface area (Å²) in [5, 5.41) is 12.5. The maximum atomic E-state index is 12.9. The van der Waals surface area contributed by atoms with Crippen LogP contribution >= 0.6 is 27.7 Å². The Morgan fingerprint density at radius 2 is 2.24 bits per heavy atom. The van der Waals surface area contributed by atoms with Crippen molar-refractivity contribution in [3.05, 3.63) is 27.9 Å². The van der Waals surface area contributed by atoms with Gasteiger partial charge in [-0.15, -0.1) is 0 Å². The van der Waals surface area contributed by atoms with Crippen LogP contribution in [0, 0.1) is 11.1 Å². The molecule has 6 heteroatoms. The maximum Gasteiger partial charge on any atom is 0.257 e. The van der Waals surface area contributed by atoms with Crippen LogP contribution in [0.4, 0.5) is 14.5 Å². The summed E-state index contributed by atoms with van der Waals surface area (Å²) >= 11 is 4.79. The van der Waals surface area contributed by atoms with Crippen molar-refractivity contribution >= 4 is 33.4 Å². The van der Waals surface area contributed by atoms with Gasteiger partial charge in [0.1, 0.15) is 11.6 Å². The van der Waals surface area contributed by atoms with Crippen molar-refractivity contribution < 1.29 is 8.78 Å². The number of fused-ring (bicyclic) bond motifs is 1. The molecule has 1 heterocycles. The van der Waals surface area contributed by atoms with Crippen LogP contribution in [-0.4, -0.2) is 18.3 Å². The number of halogens is 3. The highest BCUT2D eigenvalue weighted by molar-refractivity contribution is 9.10. The maximum absolute atomic E-state index is 12.9. The third kappa shape index (κ3) is 2.01. The number of benzene rings is 1. The summed E-state index contributed by atoms with van der Waals surface area (Å²) in [6.07, 6.45) is -0.133. The van der Waals surface area contributed by atoms with Crippen molar-refractivity contribution in [2.24, 2.45) is 5.92 Å². The Kier molecular flexibility index (Phi) is 2.56. The van der Waals surface area contributed by atoms with Crippen LogP contribution in [0.3, 0.4) is 0 Å². The second kappa shape index (κ2) is 3.66. The SMILES string of the molecule is [O-][N+]1(CC2CC2(F)F)CSc2cc(Br)ccc21. The molecule has 1 aliphatic heterocycles. The number of hydroxylamine groups is 2. The first-order valence-electron chi connectivity index (χ1n) is 5.30. The number of quaternary nitrogens is 1. The van der Waals surface area contributed by atoms with Crippen LogP contribution in [-0.2, 0) is 0 Å². The molecular formula is C11H10BrF2NOS. The van der Waals surface area contributed by atoms with Crippen LogP contribution in [0.25, 0.3) is 0 Å². The number of rotatable bonds is 2. The summed E-state index contributed by atoms with van der Waals surface area (Å²) in [5.74, 6) is -3.05. The third-order valence-electron chi connectivity index (χ3n) is 3.26. The van der Waals surface area contributed by atoms with Gasteiger partial charge < -0.3 is 9.85 Å². The number of nitrogens with zero attached hydrogens (tertiary/aromatic N) is 1. The summed E-state index contributed by atoms with van der Waals surface area (Å²) in [7, 11) is 0. The van der Waals surface area contributed by atoms with Crippen LogP contribution in [0.2, 0.25) is 0 Å². The minimum absolute atomic E-state index is 0.00533. The molecule has 1 aliphatic carbocycles. The van der Waals surface area contributed by atoms with E-state index in [9.17, 15) is 14.0 Å². The lowest BCUT2D eigenvalue weighted by Crippen LogP contribution is -2.42. The number of hydrogen-bond acceptors (Lipinski definition) is 2. The zero-order chi connectivity index (χ0) is 12.3. The highest BCUT2D eigenvalue weighted by Crippen LogP contribution is 2.53. The minimum Gasteiger partial charge on any atom is -0.627 e. The van der Waals surface area contributed by atoms with Gasteiger partial charge in [-0.2, -0.15) is 0 Å². The van der Waals surface area contributed by atoms with Gasteiger partial charge in [0.2, 0.25) is 0 Å². The van der Waals surface area contributed by atoms with Crippen molar-refractivity contribution in [1.29, 1.82) is 0 Å². The first-order valence-corrected chi connectivity index (χ1v) is 7.07. The van der Waals surface area contributed by atoms with E-state index in [0.717, 1.165) is 9.37 Å². The van der Waals surface area contributed by atoms with Crippen molar-refractivity contribution in [2.45, 2.75) is 17.2 Å². The summed E-state index contributed by atoms with van der Waals surface area (Å²) in [4.78, 5) is 0.901. The van der Waals surface area contributed by atoms with E-state index in [2.05, 4.69) is 15.9 Å². The van der Waals surface area contributed by atoms with Crippen LogP contribution in [0.1, 0.15) is 6.42 Å². The molecule has 0 aromatic heterocycles. The standard InChI is InChI=1S/C11H10BrF2NOS/c12-8-1-2-9-10(3-8)17-6-15(9,16)5-7-4-11(7,13)14/h1-3,7H,4-6H2. The van der Waals surface area contributed by atoms with Gasteiger partial charge in [0.05, 0.1) is 17.4 Å². The fourth-order valence-electron chi connectivity index (χ4n) is 2.16. The summed E-state index contributed by atoms with van der Waals surface area (Å²) in [5.41, 5.74) is 0.626. The highest BCUT2D eigenvalue weighted by atomic mass is 79.9. The molecule has 3 rings (SSSR count). The van der Waals surface area contributed by atoms with E-state index in [1.807, 2.05) is 6.07 Å². The van der Waals surface area contributed by atoms with Gasteiger partial charge in [-0.3, -0.25) is 0 Å². The monoisotopic (exact) mass is 321 g/mol. The molecule has 1 aromatic carbocycles. The van der Waals surface area contributed by atoms with Gasteiger partial charge in [0.25, 0.3) is 5.92 Å². The van der Waals surface area contributed by atoms with Crippen molar-refractivity contribution in [1.82, 2.24) is 4.65 Å². The topological polar surface area (TPSA) is 23.1 Å². The molecule has 1 fully saturated rings. The summed E-state index contributed by atoms with van der Waals surface area (Å²) in [6, 6.07) is 5.41. The quantitative estimate of drug-likeness (QED) is 0.607. The molecular weight excluding hydrogens is 312 g/mol. The van der Waals surface area contributed by atoms with Crippen molar-refractivity contribution in [3.63, 3.8) is 0 Å². The van der Waals surface area contributed by atoms with E-state index >= 15 is 0 Å². The Hall–Kier alpha value is -0.170. The Bertz CT molecular complexity index is 485. The highest BCUT2D eigenvalue weighted by Gasteiger charge is 2.60. The molecule has 1 saturated carbocycles. The average Bonchev–Trinajstić information content (AvgIpc) is 2.67. The van der Waals surface area contributed by atoms with E-state index in [4.69, 9.17) is 0 Å². The van der Waals surface area contributed by atoms with E-state index in [1.165, 1.54) is 11.8 Å². The van der Waals surface area contributed by atoms with Gasteiger partial charge in [0.15, 0.2) is 0 Å². The minimum atomic E-state index is -2.61. The average molecular weight is 322 g/mol. The van der Waals surface area contributed by atoms with Crippen molar-refractivity contribution in [3.8, 4) is 0 Å². The normalized spacial score (nSPS) is 33.5. The molecule has 2 unspecified atom stereocenters. The van der Waals surface area contributed by atoms with Gasteiger partial charge >= 0.3 is 0 Å². The molecule has 0 spiro atoms. The Morgan fingerprint density at radius 3 is 2.88 bits per heavy atom. The van der Waals surface area contributed by atoms with Gasteiger partial charge in [-0.25, -0.2) is 8.78 Å². The van der Waals surface area contributed by atoms with E-state index < -0.39 is 16.5 Å². The van der Waals surface area contributed by atoms with E-state index in [1.54, 1.807) is 12.1 Å². The molecule has 2 atom stereocenters. The molecule has 0 N–H and O–H groups in total. The molecule has 92 valence electrons. The molecule has 0 saturated heterocycles. The lowest BCUT2D eigenvalue weighted by atomic mass is 10.2. The Morgan fingerprint density at radius 1 is 1.53 bits per heavy atom. The first-order chi connectivity index (χ1) is 7.91. The zero-order valence-electron chi connectivity index (χ0n) is 8.83. The molecule has 0 amide bonds. The smallest absolute Gasteiger partial charge is 0.257 e. The predicted octanol–water partition coefficient (Wildman–Crippen LogP) is 3.97. The number of thioether (sulfide) groups is 1. The molecule has 2 nitrogen and oxygen atoms in total. The molecule has 0 bridgehead atoms. The second-order valence-corrected chi connectivity index (χ2v) is 6.52. The predicted molar refractivity (Wildman–Crippen MR) is 67.9 cm³/mol. The van der Waals surface area contributed by atoms with Gasteiger partial charge in [-0.1, -0.05) is 27.7 Å². The van der Waals surface area contributed by atoms with Crippen LogP contribution in [0.15, 0.2) is 27.6 Å². The Labute approximate surface area is 110 Å². The zero-order valence-corrected chi connectivity index (χ0v) is 11.2. The van der Waals surface area contributed by atoms with Gasteiger partial charge in [-0.05, 0) is 12.1 Å². The largest absolute Gasteiger partial charge is 0.627 e. The fraction of sp³-hybridized carbons (Fsp3) is 0.455. The van der Waals surface area contributed by atoms with E-state index in [-0.39, 0.29) is 13.0 Å². The third-order valence-corrected chi connectivity index (χ3v) is 4.94. The molecule has 0 radical (unpaired) electrons. The lowest BCUT2D eigenvalue weighted by Gasteiger charge is -2.37. The van der Waals surface area contributed by atoms with E-state index in [0.29, 0.717) is 11.6 Å². The Balaban J connectivity index is 1.87. The second-order valence-electron chi connectivity index (χ2n) is 4.62. The number of alkyl halides is 2. The summed E-state index contributed by atoms with van der Waals surface area (Å²) < 4.78 is 26.1. The molecule has 1 aromatic rings. The molecule has 2 aliphatic rings.